The van der Waals surface area contributed by atoms with Crippen LogP contribution in [0.1, 0.15) is 167 Å². The Morgan fingerprint density at radius 1 is 0.417 bits per heavy atom. The van der Waals surface area contributed by atoms with Crippen LogP contribution in [0.5, 0.6) is 0 Å². The minimum absolute atomic E-state index is 1.11. The lowest BCUT2D eigenvalue weighted by atomic mass is 10.0. The summed E-state index contributed by atoms with van der Waals surface area (Å²) in [5.41, 5.74) is 1.46. The van der Waals surface area contributed by atoms with E-state index in [1.807, 2.05) is 0 Å². The molecule has 0 fully saturated rings. The van der Waals surface area contributed by atoms with E-state index in [0.29, 0.717) is 0 Å². The average molecular weight is 501 g/mol. The summed E-state index contributed by atoms with van der Waals surface area (Å²) in [6, 6.07) is 11.0. The third kappa shape index (κ3) is 22.4. The maximum atomic E-state index is 2.38. The maximum Gasteiger partial charge on any atom is 0.104 e. The molecule has 0 saturated carbocycles. The fraction of sp³-hybridized carbons (Fsp3) is 0.829. The summed E-state index contributed by atoms with van der Waals surface area (Å²) >= 11 is 0. The van der Waals surface area contributed by atoms with Crippen molar-refractivity contribution in [1.29, 1.82) is 0 Å². The molecule has 0 aliphatic carbocycles. The summed E-state index contributed by atoms with van der Waals surface area (Å²) in [6.45, 7) is 4.76. The smallest absolute Gasteiger partial charge is 0.104 e. The number of hydrogen-bond donors (Lipinski definition) is 0. The van der Waals surface area contributed by atoms with Crippen LogP contribution in [0.2, 0.25) is 0 Å². The van der Waals surface area contributed by atoms with Crippen molar-refractivity contribution in [1.82, 2.24) is 0 Å². The second-order valence-corrected chi connectivity index (χ2v) is 12.4. The van der Waals surface area contributed by atoms with Crippen LogP contribution in [-0.2, 0) is 6.54 Å². The summed E-state index contributed by atoms with van der Waals surface area (Å²) in [5.74, 6) is 0. The van der Waals surface area contributed by atoms with Crippen molar-refractivity contribution in [3.8, 4) is 0 Å². The van der Waals surface area contributed by atoms with E-state index >= 15 is 0 Å². The van der Waals surface area contributed by atoms with Gasteiger partial charge in [0, 0.05) is 5.56 Å². The molecule has 0 unspecified atom stereocenters. The Labute approximate surface area is 228 Å². The molecule has 0 bridgehead atoms. The largest absolute Gasteiger partial charge is 0.325 e. The number of benzene rings is 1. The van der Waals surface area contributed by atoms with Crippen molar-refractivity contribution in [2.24, 2.45) is 0 Å². The highest BCUT2D eigenvalue weighted by Gasteiger charge is 2.14. The van der Waals surface area contributed by atoms with Gasteiger partial charge >= 0.3 is 0 Å². The second kappa shape index (κ2) is 24.5. The Bertz CT molecular complexity index is 549. The Balaban J connectivity index is 1.72. The van der Waals surface area contributed by atoms with E-state index in [1.165, 1.54) is 166 Å². The fourth-order valence-corrected chi connectivity index (χ4v) is 5.66. The Hall–Kier alpha value is -0.820. The predicted octanol–water partition coefficient (Wildman–Crippen LogP) is 11.6. The van der Waals surface area contributed by atoms with Crippen molar-refractivity contribution in [3.63, 3.8) is 0 Å². The predicted molar refractivity (Wildman–Crippen MR) is 164 cm³/mol. The number of nitrogens with zero attached hydrogens (tertiary/aromatic N) is 1. The van der Waals surface area contributed by atoms with E-state index in [2.05, 4.69) is 51.4 Å². The molecular formula is C35H66N+. The summed E-state index contributed by atoms with van der Waals surface area (Å²) < 4.78 is 1.11. The molecule has 0 aliphatic rings. The van der Waals surface area contributed by atoms with Crippen LogP contribution in [-0.4, -0.2) is 25.1 Å². The molecule has 0 saturated heterocycles. The van der Waals surface area contributed by atoms with Crippen LogP contribution >= 0.6 is 0 Å². The molecule has 1 nitrogen and oxygen atoms in total. The molecule has 1 heteroatoms. The van der Waals surface area contributed by atoms with Crippen LogP contribution in [0.25, 0.3) is 0 Å². The summed E-state index contributed by atoms with van der Waals surface area (Å²) in [4.78, 5) is 0. The third-order valence-corrected chi connectivity index (χ3v) is 8.07. The van der Waals surface area contributed by atoms with E-state index in [1.54, 1.807) is 0 Å². The highest BCUT2D eigenvalue weighted by molar-refractivity contribution is 5.13. The van der Waals surface area contributed by atoms with Crippen LogP contribution in [0.15, 0.2) is 30.3 Å². The van der Waals surface area contributed by atoms with Crippen molar-refractivity contribution in [2.45, 2.75) is 168 Å². The monoisotopic (exact) mass is 501 g/mol. The second-order valence-electron chi connectivity index (χ2n) is 12.4. The van der Waals surface area contributed by atoms with Crippen molar-refractivity contribution in [3.05, 3.63) is 35.9 Å². The van der Waals surface area contributed by atoms with Gasteiger partial charge in [-0.1, -0.05) is 179 Å². The van der Waals surface area contributed by atoms with Gasteiger partial charge in [0.05, 0.1) is 20.6 Å². The average Bonchev–Trinajstić information content (AvgIpc) is 2.87. The van der Waals surface area contributed by atoms with Crippen molar-refractivity contribution < 1.29 is 4.48 Å². The SMILES string of the molecule is CCCCCCCCCCCCCCCCCCCCCCCCCC[N+](C)(C)Cc1ccccc1. The molecule has 0 N–H and O–H groups in total. The zero-order valence-corrected chi connectivity index (χ0v) is 25.2. The first kappa shape index (κ1) is 33.2. The molecule has 0 heterocycles. The van der Waals surface area contributed by atoms with Crippen molar-refractivity contribution in [2.75, 3.05) is 20.6 Å². The molecule has 0 aromatic heterocycles. The van der Waals surface area contributed by atoms with Crippen molar-refractivity contribution >= 4 is 0 Å². The Morgan fingerprint density at radius 3 is 1.06 bits per heavy atom. The highest BCUT2D eigenvalue weighted by atomic mass is 15.3. The zero-order chi connectivity index (χ0) is 26.0. The molecule has 1 rings (SSSR count). The van der Waals surface area contributed by atoms with E-state index in [4.69, 9.17) is 0 Å². The number of hydrogen-bond acceptors (Lipinski definition) is 0. The van der Waals surface area contributed by atoms with E-state index in [-0.39, 0.29) is 0 Å². The van der Waals surface area contributed by atoms with E-state index in [9.17, 15) is 0 Å². The van der Waals surface area contributed by atoms with Gasteiger partial charge in [-0.05, 0) is 12.8 Å². The van der Waals surface area contributed by atoms with Crippen LogP contribution < -0.4 is 0 Å². The van der Waals surface area contributed by atoms with E-state index in [0.717, 1.165) is 11.0 Å². The summed E-state index contributed by atoms with van der Waals surface area (Å²) in [7, 11) is 4.76. The fourth-order valence-electron chi connectivity index (χ4n) is 5.66. The topological polar surface area (TPSA) is 0 Å². The van der Waals surface area contributed by atoms with Crippen LogP contribution in [0, 0.1) is 0 Å². The quantitative estimate of drug-likeness (QED) is 0.0832. The lowest BCUT2D eigenvalue weighted by molar-refractivity contribution is -0.903. The number of unbranched alkanes of at least 4 members (excludes halogenated alkanes) is 23. The minimum Gasteiger partial charge on any atom is -0.325 e. The van der Waals surface area contributed by atoms with Gasteiger partial charge in [0.2, 0.25) is 0 Å². The van der Waals surface area contributed by atoms with Gasteiger partial charge in [-0.15, -0.1) is 0 Å². The van der Waals surface area contributed by atoms with Gasteiger partial charge in [-0.25, -0.2) is 0 Å². The molecule has 0 radical (unpaired) electrons. The van der Waals surface area contributed by atoms with Gasteiger partial charge in [-0.2, -0.15) is 0 Å². The number of quaternary nitrogens is 1. The van der Waals surface area contributed by atoms with Gasteiger partial charge in [0.25, 0.3) is 0 Å². The van der Waals surface area contributed by atoms with Gasteiger partial charge in [-0.3, -0.25) is 0 Å². The van der Waals surface area contributed by atoms with Gasteiger partial charge in [0.15, 0.2) is 0 Å². The van der Waals surface area contributed by atoms with Crippen LogP contribution in [0.3, 0.4) is 0 Å². The first-order chi connectivity index (χ1) is 17.6. The van der Waals surface area contributed by atoms with E-state index < -0.39 is 0 Å². The Kier molecular flexibility index (Phi) is 22.6. The maximum absolute atomic E-state index is 2.38. The molecule has 0 amide bonds. The zero-order valence-electron chi connectivity index (χ0n) is 25.2. The normalized spacial score (nSPS) is 11.9. The lowest BCUT2D eigenvalue weighted by Gasteiger charge is -2.30. The molecule has 0 atom stereocenters. The highest BCUT2D eigenvalue weighted by Crippen LogP contribution is 2.16. The Morgan fingerprint density at radius 2 is 0.722 bits per heavy atom. The first-order valence-corrected chi connectivity index (χ1v) is 16.5. The molecular weight excluding hydrogens is 434 g/mol. The summed E-state index contributed by atoms with van der Waals surface area (Å²) in [5, 5.41) is 0. The number of rotatable bonds is 27. The first-order valence-electron chi connectivity index (χ1n) is 16.5. The summed E-state index contributed by atoms with van der Waals surface area (Å²) in [6.07, 6.45) is 35.1. The third-order valence-electron chi connectivity index (χ3n) is 8.07. The lowest BCUT2D eigenvalue weighted by Crippen LogP contribution is -2.39. The molecule has 210 valence electrons. The van der Waals surface area contributed by atoms with Crippen LogP contribution in [0.4, 0.5) is 0 Å². The standard InChI is InChI=1S/C35H66N/c1-4-5-6-7-8-9-10-11-12-13-14-15-16-17-18-19-20-21-22-23-24-25-26-30-33-36(2,3)34-35-31-28-27-29-32-35/h27-29,31-32H,4-26,30,33-34H2,1-3H3/q+1. The minimum atomic E-state index is 1.11. The van der Waals surface area contributed by atoms with Gasteiger partial charge < -0.3 is 4.48 Å². The molecule has 0 aliphatic heterocycles. The molecule has 0 spiro atoms. The molecule has 1 aromatic rings. The molecule has 1 aromatic carbocycles. The molecule has 36 heavy (non-hydrogen) atoms. The van der Waals surface area contributed by atoms with Gasteiger partial charge in [0.1, 0.15) is 6.54 Å².